The highest BCUT2D eigenvalue weighted by Gasteiger charge is 2.30. The molecular formula is C14H20N2. The summed E-state index contributed by atoms with van der Waals surface area (Å²) in [7, 11) is 0. The van der Waals surface area contributed by atoms with Crippen molar-refractivity contribution in [2.75, 3.05) is 19.6 Å². The molecule has 2 unspecified atom stereocenters. The Bertz CT molecular complexity index is 336. The summed E-state index contributed by atoms with van der Waals surface area (Å²) in [5.41, 5.74) is 1.46. The van der Waals surface area contributed by atoms with E-state index in [-0.39, 0.29) is 0 Å². The van der Waals surface area contributed by atoms with Crippen molar-refractivity contribution >= 4 is 0 Å². The van der Waals surface area contributed by atoms with Crippen molar-refractivity contribution < 1.29 is 0 Å². The third-order valence-electron chi connectivity index (χ3n) is 3.92. The van der Waals surface area contributed by atoms with Crippen LogP contribution in [0.15, 0.2) is 30.3 Å². The van der Waals surface area contributed by atoms with Gasteiger partial charge in [-0.1, -0.05) is 30.3 Å². The average Bonchev–Trinajstić information content (AvgIpc) is 2.77. The first kappa shape index (κ1) is 10.3. The van der Waals surface area contributed by atoms with Crippen LogP contribution in [0.2, 0.25) is 0 Å². The molecule has 2 atom stereocenters. The zero-order chi connectivity index (χ0) is 10.8. The number of piperazine rings is 1. The summed E-state index contributed by atoms with van der Waals surface area (Å²) in [5.74, 6) is 0. The van der Waals surface area contributed by atoms with Crippen LogP contribution < -0.4 is 5.32 Å². The van der Waals surface area contributed by atoms with Gasteiger partial charge in [-0.15, -0.1) is 0 Å². The molecule has 0 aromatic heterocycles. The molecule has 1 aromatic rings. The van der Waals surface area contributed by atoms with Crippen molar-refractivity contribution in [3.05, 3.63) is 35.9 Å². The summed E-state index contributed by atoms with van der Waals surface area (Å²) in [5, 5.41) is 3.70. The molecule has 0 aliphatic carbocycles. The molecule has 2 heteroatoms. The van der Waals surface area contributed by atoms with Gasteiger partial charge in [0.2, 0.25) is 0 Å². The second-order valence-electron chi connectivity index (χ2n) is 5.09. The van der Waals surface area contributed by atoms with Gasteiger partial charge in [-0.05, 0) is 31.4 Å². The van der Waals surface area contributed by atoms with Crippen LogP contribution >= 0.6 is 0 Å². The molecule has 2 nitrogen and oxygen atoms in total. The number of nitrogens with zero attached hydrogens (tertiary/aromatic N) is 1. The second-order valence-corrected chi connectivity index (χ2v) is 5.09. The van der Waals surface area contributed by atoms with Crippen molar-refractivity contribution in [2.24, 2.45) is 0 Å². The number of fused-ring (bicyclic) bond motifs is 1. The minimum atomic E-state index is 0.650. The van der Waals surface area contributed by atoms with Gasteiger partial charge in [0.1, 0.15) is 0 Å². The van der Waals surface area contributed by atoms with Crippen molar-refractivity contribution in [3.8, 4) is 0 Å². The van der Waals surface area contributed by atoms with Gasteiger partial charge in [0, 0.05) is 25.2 Å². The highest BCUT2D eigenvalue weighted by atomic mass is 15.2. The van der Waals surface area contributed by atoms with Gasteiger partial charge in [0.15, 0.2) is 0 Å². The lowest BCUT2D eigenvalue weighted by Crippen LogP contribution is -2.54. The van der Waals surface area contributed by atoms with E-state index in [2.05, 4.69) is 40.5 Å². The van der Waals surface area contributed by atoms with Crippen LogP contribution in [0.5, 0.6) is 0 Å². The molecule has 2 aliphatic heterocycles. The van der Waals surface area contributed by atoms with E-state index in [1.165, 1.54) is 44.5 Å². The highest BCUT2D eigenvalue weighted by Crippen LogP contribution is 2.20. The number of benzene rings is 1. The summed E-state index contributed by atoms with van der Waals surface area (Å²) in [6.45, 7) is 3.74. The molecule has 2 fully saturated rings. The molecule has 2 aliphatic rings. The average molecular weight is 216 g/mol. The summed E-state index contributed by atoms with van der Waals surface area (Å²) >= 11 is 0. The fourth-order valence-corrected chi connectivity index (χ4v) is 3.05. The Morgan fingerprint density at radius 3 is 3.00 bits per heavy atom. The predicted molar refractivity (Wildman–Crippen MR) is 66.5 cm³/mol. The van der Waals surface area contributed by atoms with Crippen molar-refractivity contribution in [2.45, 2.75) is 31.3 Å². The quantitative estimate of drug-likeness (QED) is 0.809. The number of nitrogens with one attached hydrogen (secondary N) is 1. The van der Waals surface area contributed by atoms with E-state index in [0.717, 1.165) is 6.04 Å². The maximum Gasteiger partial charge on any atom is 0.0236 e. The van der Waals surface area contributed by atoms with Crippen molar-refractivity contribution in [1.82, 2.24) is 10.2 Å². The topological polar surface area (TPSA) is 15.3 Å². The van der Waals surface area contributed by atoms with Crippen LogP contribution in [0.3, 0.4) is 0 Å². The van der Waals surface area contributed by atoms with E-state index in [0.29, 0.717) is 6.04 Å². The Hall–Kier alpha value is -0.860. The predicted octanol–water partition coefficient (Wildman–Crippen LogP) is 1.67. The molecular weight excluding hydrogens is 196 g/mol. The molecule has 2 heterocycles. The molecule has 0 spiro atoms. The summed E-state index contributed by atoms with van der Waals surface area (Å²) in [6, 6.07) is 12.3. The van der Waals surface area contributed by atoms with Crippen LogP contribution in [0.4, 0.5) is 0 Å². The fourth-order valence-electron chi connectivity index (χ4n) is 3.05. The molecule has 2 saturated heterocycles. The Kier molecular flexibility index (Phi) is 2.94. The minimum Gasteiger partial charge on any atom is -0.311 e. The number of hydrogen-bond acceptors (Lipinski definition) is 2. The van der Waals surface area contributed by atoms with E-state index in [1.807, 2.05) is 0 Å². The maximum absolute atomic E-state index is 3.70. The number of hydrogen-bond donors (Lipinski definition) is 1. The van der Waals surface area contributed by atoms with Crippen molar-refractivity contribution in [1.29, 1.82) is 0 Å². The summed E-state index contributed by atoms with van der Waals surface area (Å²) in [6.07, 6.45) is 3.96. The Balaban J connectivity index is 1.60. The van der Waals surface area contributed by atoms with Gasteiger partial charge in [0.05, 0.1) is 0 Å². The van der Waals surface area contributed by atoms with Gasteiger partial charge in [-0.25, -0.2) is 0 Å². The normalized spacial score (nSPS) is 30.2. The third-order valence-corrected chi connectivity index (χ3v) is 3.92. The van der Waals surface area contributed by atoms with Gasteiger partial charge < -0.3 is 5.32 Å². The van der Waals surface area contributed by atoms with E-state index >= 15 is 0 Å². The van der Waals surface area contributed by atoms with Gasteiger partial charge >= 0.3 is 0 Å². The van der Waals surface area contributed by atoms with Gasteiger partial charge in [-0.2, -0.15) is 0 Å². The molecule has 1 N–H and O–H groups in total. The minimum absolute atomic E-state index is 0.650. The smallest absolute Gasteiger partial charge is 0.0236 e. The third kappa shape index (κ3) is 2.13. The Morgan fingerprint density at radius 2 is 2.12 bits per heavy atom. The summed E-state index contributed by atoms with van der Waals surface area (Å²) in [4.78, 5) is 2.67. The lowest BCUT2D eigenvalue weighted by atomic mass is 10.0. The first-order valence-electron chi connectivity index (χ1n) is 6.43. The Labute approximate surface area is 97.6 Å². The van der Waals surface area contributed by atoms with Crippen LogP contribution in [-0.4, -0.2) is 36.6 Å². The van der Waals surface area contributed by atoms with Crippen molar-refractivity contribution in [3.63, 3.8) is 0 Å². The maximum atomic E-state index is 3.70. The first-order chi connectivity index (χ1) is 7.92. The monoisotopic (exact) mass is 216 g/mol. The van der Waals surface area contributed by atoms with Crippen LogP contribution in [0.1, 0.15) is 18.4 Å². The van der Waals surface area contributed by atoms with E-state index in [9.17, 15) is 0 Å². The summed E-state index contributed by atoms with van der Waals surface area (Å²) < 4.78 is 0. The first-order valence-corrected chi connectivity index (χ1v) is 6.43. The van der Waals surface area contributed by atoms with Crippen LogP contribution in [-0.2, 0) is 6.42 Å². The molecule has 16 heavy (non-hydrogen) atoms. The largest absolute Gasteiger partial charge is 0.311 e. The molecule has 3 rings (SSSR count). The number of rotatable bonds is 2. The van der Waals surface area contributed by atoms with Gasteiger partial charge in [-0.3, -0.25) is 4.90 Å². The molecule has 0 radical (unpaired) electrons. The Morgan fingerprint density at radius 1 is 1.25 bits per heavy atom. The molecule has 0 saturated carbocycles. The highest BCUT2D eigenvalue weighted by molar-refractivity contribution is 5.16. The van der Waals surface area contributed by atoms with Gasteiger partial charge in [0.25, 0.3) is 0 Å². The van der Waals surface area contributed by atoms with E-state index in [1.54, 1.807) is 0 Å². The molecule has 86 valence electrons. The zero-order valence-corrected chi connectivity index (χ0v) is 9.73. The van der Waals surface area contributed by atoms with Crippen LogP contribution in [0.25, 0.3) is 0 Å². The standard InChI is InChI=1S/C14H20N2/c1-2-5-12(6-3-1)9-13-11-16-8-4-7-14(16)10-15-13/h1-3,5-6,13-15H,4,7-11H2. The molecule has 1 aromatic carbocycles. The SMILES string of the molecule is c1ccc(CC2CN3CCCC3CN2)cc1. The second kappa shape index (κ2) is 4.56. The van der Waals surface area contributed by atoms with E-state index < -0.39 is 0 Å². The zero-order valence-electron chi connectivity index (χ0n) is 9.73. The molecule has 0 amide bonds. The van der Waals surface area contributed by atoms with Crippen LogP contribution in [0, 0.1) is 0 Å². The lowest BCUT2D eigenvalue weighted by Gasteiger charge is -2.36. The fraction of sp³-hybridized carbons (Fsp3) is 0.571. The lowest BCUT2D eigenvalue weighted by molar-refractivity contribution is 0.172. The molecule has 0 bridgehead atoms. The van der Waals surface area contributed by atoms with E-state index in [4.69, 9.17) is 0 Å².